The number of hydrogen-bond acceptors (Lipinski definition) is 3. The Morgan fingerprint density at radius 1 is 1.50 bits per heavy atom. The van der Waals surface area contributed by atoms with E-state index in [0.29, 0.717) is 0 Å². The minimum absolute atomic E-state index is 0. The van der Waals surface area contributed by atoms with Gasteiger partial charge < -0.3 is 12.0 Å². The van der Waals surface area contributed by atoms with Gasteiger partial charge in [0.1, 0.15) is 0 Å². The van der Waals surface area contributed by atoms with Crippen LogP contribution >= 0.6 is 17.0 Å². The Hall–Kier alpha value is -0.0100. The molecule has 0 radical (unpaired) electrons. The Kier molecular flexibility index (Phi) is 13.6. The SMILES string of the molecule is Br.O.O=C(O)c1cnccn1.[H-].[Na+]. The first-order valence-electron chi connectivity index (χ1n) is 2.30. The van der Waals surface area contributed by atoms with Crippen LogP contribution in [0.1, 0.15) is 11.9 Å². The summed E-state index contributed by atoms with van der Waals surface area (Å²) in [6.07, 6.45) is 3.96. The predicted octanol–water partition coefficient (Wildman–Crippen LogP) is -2.96. The Morgan fingerprint density at radius 3 is 2.33 bits per heavy atom. The summed E-state index contributed by atoms with van der Waals surface area (Å²) < 4.78 is 0. The molecule has 1 aromatic heterocycles. The van der Waals surface area contributed by atoms with E-state index in [2.05, 4.69) is 9.97 Å². The van der Waals surface area contributed by atoms with E-state index in [4.69, 9.17) is 5.11 Å². The summed E-state index contributed by atoms with van der Waals surface area (Å²) in [6, 6.07) is 0. The van der Waals surface area contributed by atoms with Gasteiger partial charge in [0.05, 0.1) is 6.20 Å². The van der Waals surface area contributed by atoms with E-state index >= 15 is 0 Å². The van der Waals surface area contributed by atoms with E-state index in [-0.39, 0.29) is 59.1 Å². The van der Waals surface area contributed by atoms with Crippen molar-refractivity contribution >= 4 is 23.0 Å². The molecule has 5 nitrogen and oxygen atoms in total. The van der Waals surface area contributed by atoms with Crippen molar-refractivity contribution < 1.29 is 46.4 Å². The predicted molar refractivity (Wildman–Crippen MR) is 44.0 cm³/mol. The van der Waals surface area contributed by atoms with Crippen molar-refractivity contribution in [2.75, 3.05) is 0 Å². The molecule has 0 saturated carbocycles. The molecule has 7 heteroatoms. The molecule has 0 saturated heterocycles. The van der Waals surface area contributed by atoms with E-state index in [9.17, 15) is 4.79 Å². The van der Waals surface area contributed by atoms with E-state index in [1.54, 1.807) is 0 Å². The van der Waals surface area contributed by atoms with E-state index < -0.39 is 5.97 Å². The summed E-state index contributed by atoms with van der Waals surface area (Å²) in [5.41, 5.74) is -0.0301. The normalized spacial score (nSPS) is 6.67. The molecular weight excluding hydrogens is 239 g/mol. The zero-order chi connectivity index (χ0) is 6.69. The number of halogens is 1. The van der Waals surface area contributed by atoms with Crippen LogP contribution in [0.15, 0.2) is 18.6 Å². The fraction of sp³-hybridized carbons (Fsp3) is 0. The van der Waals surface area contributed by atoms with Gasteiger partial charge in [-0.25, -0.2) is 9.78 Å². The van der Waals surface area contributed by atoms with Crippen molar-refractivity contribution in [2.45, 2.75) is 0 Å². The summed E-state index contributed by atoms with van der Waals surface area (Å²) in [4.78, 5) is 17.2. The molecule has 12 heavy (non-hydrogen) atoms. The van der Waals surface area contributed by atoms with Gasteiger partial charge in [-0.15, -0.1) is 17.0 Å². The largest absolute Gasteiger partial charge is 1.00 e. The first-order chi connectivity index (χ1) is 4.30. The van der Waals surface area contributed by atoms with Crippen LogP contribution in [-0.2, 0) is 0 Å². The molecule has 0 spiro atoms. The molecule has 1 rings (SSSR count). The van der Waals surface area contributed by atoms with Gasteiger partial charge in [-0.1, -0.05) is 0 Å². The average molecular weight is 247 g/mol. The van der Waals surface area contributed by atoms with Gasteiger partial charge in [-0.3, -0.25) is 4.98 Å². The summed E-state index contributed by atoms with van der Waals surface area (Å²) >= 11 is 0. The number of aromatic carboxylic acids is 1. The molecule has 1 heterocycles. The number of carbonyl (C=O) groups is 1. The summed E-state index contributed by atoms with van der Waals surface area (Å²) in [5.74, 6) is -1.05. The molecule has 0 atom stereocenters. The zero-order valence-corrected chi connectivity index (χ0v) is 10.1. The molecule has 64 valence electrons. The molecular formula is C5H8BrN2NaO3. The van der Waals surface area contributed by atoms with E-state index in [1.165, 1.54) is 18.6 Å². The molecule has 0 aromatic carbocycles. The van der Waals surface area contributed by atoms with Crippen LogP contribution in [0.3, 0.4) is 0 Å². The molecule has 1 aromatic rings. The van der Waals surface area contributed by atoms with Gasteiger partial charge in [0, 0.05) is 12.4 Å². The fourth-order valence-electron chi connectivity index (χ4n) is 0.410. The van der Waals surface area contributed by atoms with Gasteiger partial charge in [-0.2, -0.15) is 0 Å². The second-order valence-electron chi connectivity index (χ2n) is 1.40. The van der Waals surface area contributed by atoms with Crippen LogP contribution in [-0.4, -0.2) is 26.5 Å². The van der Waals surface area contributed by atoms with Crippen molar-refractivity contribution in [3.63, 3.8) is 0 Å². The van der Waals surface area contributed by atoms with Gasteiger partial charge in [0.25, 0.3) is 0 Å². The van der Waals surface area contributed by atoms with Crippen molar-refractivity contribution in [3.05, 3.63) is 24.3 Å². The van der Waals surface area contributed by atoms with Crippen molar-refractivity contribution in [1.82, 2.24) is 9.97 Å². The third kappa shape index (κ3) is 5.62. The van der Waals surface area contributed by atoms with Crippen LogP contribution in [0, 0.1) is 0 Å². The van der Waals surface area contributed by atoms with Crippen LogP contribution in [0.5, 0.6) is 0 Å². The minimum atomic E-state index is -1.05. The second-order valence-corrected chi connectivity index (χ2v) is 1.40. The first-order valence-corrected chi connectivity index (χ1v) is 2.30. The Bertz CT molecular complexity index is 226. The van der Waals surface area contributed by atoms with Crippen molar-refractivity contribution in [3.8, 4) is 0 Å². The number of carboxylic acid groups (broad SMARTS) is 1. The van der Waals surface area contributed by atoms with Gasteiger partial charge in [0.15, 0.2) is 5.69 Å². The number of carboxylic acids is 1. The van der Waals surface area contributed by atoms with Crippen molar-refractivity contribution in [2.24, 2.45) is 0 Å². The molecule has 0 unspecified atom stereocenters. The molecule has 0 aliphatic rings. The number of rotatable bonds is 1. The maximum Gasteiger partial charge on any atom is 1.00 e. The third-order valence-corrected chi connectivity index (χ3v) is 0.782. The monoisotopic (exact) mass is 246 g/mol. The third-order valence-electron chi connectivity index (χ3n) is 0.782. The molecule has 0 bridgehead atoms. The van der Waals surface area contributed by atoms with Crippen LogP contribution < -0.4 is 29.6 Å². The Morgan fingerprint density at radius 2 is 2.08 bits per heavy atom. The van der Waals surface area contributed by atoms with Crippen molar-refractivity contribution in [1.29, 1.82) is 0 Å². The molecule has 0 aliphatic carbocycles. The first kappa shape index (κ1) is 17.9. The summed E-state index contributed by atoms with van der Waals surface area (Å²) in [6.45, 7) is 0. The number of aromatic nitrogens is 2. The van der Waals surface area contributed by atoms with Gasteiger partial charge in [-0.05, 0) is 0 Å². The Labute approximate surface area is 103 Å². The fourth-order valence-corrected chi connectivity index (χ4v) is 0.410. The maximum atomic E-state index is 10.1. The summed E-state index contributed by atoms with van der Waals surface area (Å²) in [5, 5.41) is 8.28. The Balaban J connectivity index is -0.000000101. The second kappa shape index (κ2) is 9.08. The molecule has 0 fully saturated rings. The average Bonchev–Trinajstić information content (AvgIpc) is 1.90. The molecule has 3 N–H and O–H groups in total. The number of nitrogens with zero attached hydrogens (tertiary/aromatic N) is 2. The van der Waals surface area contributed by atoms with E-state index in [1.807, 2.05) is 0 Å². The minimum Gasteiger partial charge on any atom is -1.00 e. The smallest absolute Gasteiger partial charge is 1.00 e. The van der Waals surface area contributed by atoms with Crippen LogP contribution in [0.2, 0.25) is 0 Å². The van der Waals surface area contributed by atoms with Crippen LogP contribution in [0.25, 0.3) is 0 Å². The molecule has 0 amide bonds. The number of hydrogen-bond donors (Lipinski definition) is 1. The quantitative estimate of drug-likeness (QED) is 0.536. The van der Waals surface area contributed by atoms with Gasteiger partial charge in [0.2, 0.25) is 0 Å². The zero-order valence-electron chi connectivity index (χ0n) is 7.39. The standard InChI is InChI=1S/C5H4N2O2.BrH.Na.H2O.H/c8-5(9)4-3-6-1-2-7-4;;;;/h1-3H,(H,8,9);1H;;1H2;/q;;+1;;-1. The summed E-state index contributed by atoms with van der Waals surface area (Å²) in [7, 11) is 0. The molecule has 0 aliphatic heterocycles. The van der Waals surface area contributed by atoms with E-state index in [0.717, 1.165) is 0 Å². The van der Waals surface area contributed by atoms with Crippen LogP contribution in [0.4, 0.5) is 0 Å². The maximum absolute atomic E-state index is 10.1. The topological polar surface area (TPSA) is 94.6 Å². The van der Waals surface area contributed by atoms with Gasteiger partial charge >= 0.3 is 35.5 Å².